The van der Waals surface area contributed by atoms with E-state index in [0.29, 0.717) is 28.8 Å². The molecule has 0 spiro atoms. The Morgan fingerprint density at radius 2 is 1.96 bits per heavy atom. The van der Waals surface area contributed by atoms with E-state index in [-0.39, 0.29) is 5.97 Å². The molecule has 2 aromatic rings. The van der Waals surface area contributed by atoms with Gasteiger partial charge in [0.1, 0.15) is 6.04 Å². The van der Waals surface area contributed by atoms with Gasteiger partial charge in [-0.3, -0.25) is 0 Å². The summed E-state index contributed by atoms with van der Waals surface area (Å²) in [5.41, 5.74) is 2.06. The smallest absolute Gasteiger partial charge is 0.338 e. The highest BCUT2D eigenvalue weighted by Gasteiger charge is 2.34. The van der Waals surface area contributed by atoms with E-state index < -0.39 is 6.04 Å². The fraction of sp³-hybridized carbons (Fsp3) is 0.474. The lowest BCUT2D eigenvalue weighted by atomic mass is 9.96. The Balaban J connectivity index is 1.78. The third-order valence-corrected chi connectivity index (χ3v) is 4.85. The summed E-state index contributed by atoms with van der Waals surface area (Å²) in [5.74, 6) is 0.139. The summed E-state index contributed by atoms with van der Waals surface area (Å²) in [6.45, 7) is 4.42. The van der Waals surface area contributed by atoms with Crippen LogP contribution in [0.15, 0.2) is 35.5 Å². The third-order valence-electron chi connectivity index (χ3n) is 4.60. The van der Waals surface area contributed by atoms with Crippen molar-refractivity contribution in [2.45, 2.75) is 52.0 Å². The minimum atomic E-state index is -0.457. The van der Waals surface area contributed by atoms with E-state index >= 15 is 0 Å². The normalized spacial score (nSPS) is 16.0. The average Bonchev–Trinajstić information content (AvgIpc) is 3.12. The number of tetrazole rings is 1. The van der Waals surface area contributed by atoms with Gasteiger partial charge in [-0.25, -0.2) is 4.79 Å². The highest BCUT2D eigenvalue weighted by Crippen LogP contribution is 2.35. The van der Waals surface area contributed by atoms with Crippen LogP contribution >= 0.6 is 11.6 Å². The van der Waals surface area contributed by atoms with Crippen LogP contribution in [0.5, 0.6) is 0 Å². The molecule has 1 atom stereocenters. The minimum Gasteiger partial charge on any atom is -0.462 e. The summed E-state index contributed by atoms with van der Waals surface area (Å²) >= 11 is 6.01. The van der Waals surface area contributed by atoms with Crippen molar-refractivity contribution in [3.05, 3.63) is 46.1 Å². The number of esters is 1. The molecule has 0 saturated carbocycles. The molecule has 0 unspecified atom stereocenters. The van der Waals surface area contributed by atoms with Gasteiger partial charge in [-0.05, 0) is 41.5 Å². The summed E-state index contributed by atoms with van der Waals surface area (Å²) in [6, 6.07) is 6.86. The van der Waals surface area contributed by atoms with Gasteiger partial charge in [-0.1, -0.05) is 61.4 Å². The van der Waals surface area contributed by atoms with E-state index in [0.717, 1.165) is 18.4 Å². The lowest BCUT2D eigenvalue weighted by Gasteiger charge is -2.27. The SMILES string of the molecule is CCCCCCCOC(=O)C1=C(C)Nc2nnnn2[C@@H]1c1ccc(Cl)cc1. The summed E-state index contributed by atoms with van der Waals surface area (Å²) in [4.78, 5) is 12.9. The molecule has 27 heavy (non-hydrogen) atoms. The molecule has 0 amide bonds. The van der Waals surface area contributed by atoms with Gasteiger partial charge in [-0.2, -0.15) is 4.68 Å². The average molecular weight is 390 g/mol. The maximum Gasteiger partial charge on any atom is 0.338 e. The molecular weight excluding hydrogens is 366 g/mol. The Morgan fingerprint density at radius 1 is 1.22 bits per heavy atom. The number of aromatic nitrogens is 4. The predicted molar refractivity (Wildman–Crippen MR) is 103 cm³/mol. The Hall–Kier alpha value is -2.41. The molecule has 1 aromatic heterocycles. The molecule has 0 aliphatic carbocycles. The first-order valence-electron chi connectivity index (χ1n) is 9.30. The molecule has 8 heteroatoms. The van der Waals surface area contributed by atoms with E-state index in [9.17, 15) is 4.79 Å². The molecular formula is C19H24ClN5O2. The van der Waals surface area contributed by atoms with Crippen LogP contribution in [-0.4, -0.2) is 32.8 Å². The van der Waals surface area contributed by atoms with E-state index in [4.69, 9.17) is 16.3 Å². The largest absolute Gasteiger partial charge is 0.462 e. The molecule has 1 aromatic carbocycles. The number of fused-ring (bicyclic) bond motifs is 1. The zero-order valence-electron chi connectivity index (χ0n) is 15.6. The van der Waals surface area contributed by atoms with Crippen LogP contribution < -0.4 is 5.32 Å². The van der Waals surface area contributed by atoms with Crippen molar-refractivity contribution in [1.29, 1.82) is 0 Å². The van der Waals surface area contributed by atoms with Crippen molar-refractivity contribution in [2.24, 2.45) is 0 Å². The number of ether oxygens (including phenoxy) is 1. The molecule has 0 fully saturated rings. The van der Waals surface area contributed by atoms with Crippen molar-refractivity contribution in [3.8, 4) is 0 Å². The maximum absolute atomic E-state index is 12.9. The second-order valence-electron chi connectivity index (χ2n) is 6.61. The molecule has 1 aliphatic rings. The molecule has 0 bridgehead atoms. The van der Waals surface area contributed by atoms with Gasteiger partial charge in [0.2, 0.25) is 5.95 Å². The Bertz CT molecular complexity index is 816. The van der Waals surface area contributed by atoms with Gasteiger partial charge in [0.15, 0.2) is 0 Å². The number of nitrogens with one attached hydrogen (secondary N) is 1. The summed E-state index contributed by atoms with van der Waals surface area (Å²) < 4.78 is 7.15. The van der Waals surface area contributed by atoms with Gasteiger partial charge in [0.05, 0.1) is 12.2 Å². The molecule has 7 nitrogen and oxygen atoms in total. The molecule has 0 radical (unpaired) electrons. The fourth-order valence-electron chi connectivity index (χ4n) is 3.18. The van der Waals surface area contributed by atoms with Crippen LogP contribution in [0.4, 0.5) is 5.95 Å². The van der Waals surface area contributed by atoms with Crippen molar-refractivity contribution in [1.82, 2.24) is 20.2 Å². The predicted octanol–water partition coefficient (Wildman–Crippen LogP) is 4.13. The van der Waals surface area contributed by atoms with E-state index in [2.05, 4.69) is 27.8 Å². The highest BCUT2D eigenvalue weighted by molar-refractivity contribution is 6.30. The monoisotopic (exact) mass is 389 g/mol. The summed E-state index contributed by atoms with van der Waals surface area (Å²) in [5, 5.41) is 15.5. The van der Waals surface area contributed by atoms with Gasteiger partial charge < -0.3 is 10.1 Å². The minimum absolute atomic E-state index is 0.350. The number of hydrogen-bond donors (Lipinski definition) is 1. The second kappa shape index (κ2) is 8.99. The van der Waals surface area contributed by atoms with Gasteiger partial charge in [-0.15, -0.1) is 0 Å². The Kier molecular flexibility index (Phi) is 6.45. The number of allylic oxidation sites excluding steroid dienone is 1. The lowest BCUT2D eigenvalue weighted by molar-refractivity contribution is -0.139. The lowest BCUT2D eigenvalue weighted by Crippen LogP contribution is -2.29. The van der Waals surface area contributed by atoms with Gasteiger partial charge in [0.25, 0.3) is 0 Å². The Morgan fingerprint density at radius 3 is 2.70 bits per heavy atom. The quantitative estimate of drug-likeness (QED) is 0.540. The maximum atomic E-state index is 12.9. The molecule has 0 saturated heterocycles. The van der Waals surface area contributed by atoms with Crippen LogP contribution in [0.25, 0.3) is 0 Å². The van der Waals surface area contributed by atoms with Crippen molar-refractivity contribution >= 4 is 23.5 Å². The number of carbonyl (C=O) groups is 1. The first-order valence-corrected chi connectivity index (χ1v) is 9.68. The van der Waals surface area contributed by atoms with Crippen molar-refractivity contribution < 1.29 is 9.53 Å². The first kappa shape index (κ1) is 19.4. The van der Waals surface area contributed by atoms with Crippen molar-refractivity contribution in [2.75, 3.05) is 11.9 Å². The van der Waals surface area contributed by atoms with Crippen LogP contribution in [0.1, 0.15) is 57.6 Å². The van der Waals surface area contributed by atoms with Crippen LogP contribution in [0.2, 0.25) is 5.02 Å². The number of benzene rings is 1. The van der Waals surface area contributed by atoms with E-state index in [1.165, 1.54) is 19.3 Å². The van der Waals surface area contributed by atoms with Crippen LogP contribution in [0, 0.1) is 0 Å². The number of carbonyl (C=O) groups excluding carboxylic acids is 1. The zero-order valence-corrected chi connectivity index (χ0v) is 16.4. The number of rotatable bonds is 8. The number of hydrogen-bond acceptors (Lipinski definition) is 6. The zero-order chi connectivity index (χ0) is 19.2. The molecule has 144 valence electrons. The number of nitrogens with zero attached hydrogens (tertiary/aromatic N) is 4. The highest BCUT2D eigenvalue weighted by atomic mass is 35.5. The number of unbranched alkanes of at least 4 members (excludes halogenated alkanes) is 4. The molecule has 2 heterocycles. The third kappa shape index (κ3) is 4.47. The molecule has 3 rings (SSSR count). The van der Waals surface area contributed by atoms with E-state index in [1.807, 2.05) is 19.1 Å². The topological polar surface area (TPSA) is 81.9 Å². The van der Waals surface area contributed by atoms with E-state index in [1.54, 1.807) is 16.8 Å². The molecule has 1 N–H and O–H groups in total. The molecule has 1 aliphatic heterocycles. The van der Waals surface area contributed by atoms with Gasteiger partial charge in [0, 0.05) is 10.7 Å². The van der Waals surface area contributed by atoms with Gasteiger partial charge >= 0.3 is 5.97 Å². The summed E-state index contributed by atoms with van der Waals surface area (Å²) in [6.07, 6.45) is 5.50. The Labute approximate surface area is 163 Å². The number of halogens is 1. The standard InChI is InChI=1S/C19H24ClN5O2/c1-3-4-5-6-7-12-27-18(26)16-13(2)21-19-22-23-24-25(19)17(16)14-8-10-15(20)11-9-14/h8-11,17H,3-7,12H2,1-2H3,(H,21,22,24)/t17-/m1/s1. The van der Waals surface area contributed by atoms with Crippen molar-refractivity contribution in [3.63, 3.8) is 0 Å². The first-order chi connectivity index (χ1) is 13.1. The number of anilines is 1. The van der Waals surface area contributed by atoms with Crippen LogP contribution in [-0.2, 0) is 9.53 Å². The fourth-order valence-corrected chi connectivity index (χ4v) is 3.30. The summed E-state index contributed by atoms with van der Waals surface area (Å²) in [7, 11) is 0. The second-order valence-corrected chi connectivity index (χ2v) is 7.05. The van der Waals surface area contributed by atoms with Crippen LogP contribution in [0.3, 0.4) is 0 Å².